The minimum Gasteiger partial charge on any atom is -0.295 e. The van der Waals surface area contributed by atoms with E-state index in [-0.39, 0.29) is 5.56 Å². The summed E-state index contributed by atoms with van der Waals surface area (Å²) >= 11 is 18.2. The molecule has 1 N–H and O–H groups in total. The van der Waals surface area contributed by atoms with Gasteiger partial charge in [-0.2, -0.15) is 0 Å². The maximum atomic E-state index is 12.5. The molecule has 0 spiro atoms. The summed E-state index contributed by atoms with van der Waals surface area (Å²) in [5.41, 5.74) is 1.89. The molecule has 0 fully saturated rings. The first-order valence-electron chi connectivity index (χ1n) is 6.26. The van der Waals surface area contributed by atoms with Gasteiger partial charge in [-0.1, -0.05) is 48.7 Å². The Morgan fingerprint density at radius 2 is 1.75 bits per heavy atom. The highest BCUT2D eigenvalue weighted by atomic mass is 35.5. The van der Waals surface area contributed by atoms with Crippen LogP contribution in [0.25, 0.3) is 5.69 Å². The molecule has 0 bridgehead atoms. The number of hydrogen-bond donors (Lipinski definition) is 1. The van der Waals surface area contributed by atoms with Gasteiger partial charge >= 0.3 is 0 Å². The van der Waals surface area contributed by atoms with Gasteiger partial charge in [0.25, 0.3) is 5.56 Å². The Labute approximate surface area is 132 Å². The van der Waals surface area contributed by atoms with Crippen LogP contribution in [0.2, 0.25) is 15.1 Å². The van der Waals surface area contributed by atoms with Crippen LogP contribution in [-0.2, 0) is 6.42 Å². The summed E-state index contributed by atoms with van der Waals surface area (Å²) in [5.74, 6) is 0.391. The molecule has 1 aromatic heterocycles. The molecule has 2 rings (SSSR count). The number of aromatic nitrogens is 2. The Bertz CT molecular complexity index is 678. The quantitative estimate of drug-likeness (QED) is 0.873. The van der Waals surface area contributed by atoms with Crippen LogP contribution < -0.4 is 5.56 Å². The SMILES string of the molecule is Cc1[nH]n(-c2c(Cl)cc(Cl)cc2Cl)c(=O)c1CC(C)C. The largest absolute Gasteiger partial charge is 0.295 e. The van der Waals surface area contributed by atoms with E-state index in [0.29, 0.717) is 33.1 Å². The number of rotatable bonds is 3. The van der Waals surface area contributed by atoms with E-state index in [4.69, 9.17) is 34.8 Å². The average Bonchev–Trinajstić information content (AvgIpc) is 2.55. The molecule has 0 amide bonds. The Morgan fingerprint density at radius 3 is 2.25 bits per heavy atom. The van der Waals surface area contributed by atoms with Crippen LogP contribution in [0.15, 0.2) is 16.9 Å². The summed E-state index contributed by atoms with van der Waals surface area (Å²) in [6, 6.07) is 3.13. The van der Waals surface area contributed by atoms with Gasteiger partial charge in [0.15, 0.2) is 0 Å². The Kier molecular flexibility index (Phi) is 4.52. The number of benzene rings is 1. The van der Waals surface area contributed by atoms with Crippen molar-refractivity contribution >= 4 is 34.8 Å². The number of hydrogen-bond acceptors (Lipinski definition) is 1. The molecular formula is C14H15Cl3N2O. The Morgan fingerprint density at radius 1 is 1.20 bits per heavy atom. The molecule has 0 radical (unpaired) electrons. The fourth-order valence-corrected chi connectivity index (χ4v) is 3.12. The van der Waals surface area contributed by atoms with Crippen LogP contribution in [0.3, 0.4) is 0 Å². The number of H-pyrrole nitrogens is 1. The minimum absolute atomic E-state index is 0.123. The van der Waals surface area contributed by atoms with Crippen molar-refractivity contribution in [2.24, 2.45) is 5.92 Å². The minimum atomic E-state index is -0.123. The zero-order valence-electron chi connectivity index (χ0n) is 11.4. The lowest BCUT2D eigenvalue weighted by Crippen LogP contribution is -2.19. The van der Waals surface area contributed by atoms with Crippen molar-refractivity contribution in [2.45, 2.75) is 27.2 Å². The molecule has 0 aliphatic heterocycles. The molecule has 0 atom stereocenters. The highest BCUT2D eigenvalue weighted by molar-refractivity contribution is 6.40. The third-order valence-electron chi connectivity index (χ3n) is 3.01. The van der Waals surface area contributed by atoms with E-state index < -0.39 is 0 Å². The second-order valence-corrected chi connectivity index (χ2v) is 6.42. The van der Waals surface area contributed by atoms with Gasteiger partial charge < -0.3 is 0 Å². The van der Waals surface area contributed by atoms with Gasteiger partial charge in [-0.15, -0.1) is 0 Å². The Balaban J connectivity index is 2.64. The van der Waals surface area contributed by atoms with Crippen molar-refractivity contribution in [3.63, 3.8) is 0 Å². The summed E-state index contributed by atoms with van der Waals surface area (Å²) in [4.78, 5) is 12.5. The lowest BCUT2D eigenvalue weighted by atomic mass is 10.0. The molecular weight excluding hydrogens is 319 g/mol. The topological polar surface area (TPSA) is 37.8 Å². The molecule has 1 aromatic carbocycles. The molecule has 0 saturated carbocycles. The molecule has 0 saturated heterocycles. The summed E-state index contributed by atoms with van der Waals surface area (Å²) in [6.45, 7) is 6.00. The molecule has 108 valence electrons. The van der Waals surface area contributed by atoms with E-state index in [1.54, 1.807) is 12.1 Å². The maximum absolute atomic E-state index is 12.5. The highest BCUT2D eigenvalue weighted by Crippen LogP contribution is 2.31. The van der Waals surface area contributed by atoms with Crippen molar-refractivity contribution in [1.29, 1.82) is 0 Å². The number of aromatic amines is 1. The van der Waals surface area contributed by atoms with Gasteiger partial charge in [-0.25, -0.2) is 4.68 Å². The second-order valence-electron chi connectivity index (χ2n) is 5.17. The predicted molar refractivity (Wildman–Crippen MR) is 84.7 cm³/mol. The average molecular weight is 334 g/mol. The smallest absolute Gasteiger partial charge is 0.274 e. The molecule has 1 heterocycles. The normalized spacial score (nSPS) is 11.3. The van der Waals surface area contributed by atoms with Crippen molar-refractivity contribution in [3.8, 4) is 5.69 Å². The highest BCUT2D eigenvalue weighted by Gasteiger charge is 2.18. The number of nitrogens with zero attached hydrogens (tertiary/aromatic N) is 1. The first kappa shape index (κ1) is 15.5. The first-order chi connectivity index (χ1) is 9.31. The second kappa shape index (κ2) is 5.84. The van der Waals surface area contributed by atoms with Crippen molar-refractivity contribution in [3.05, 3.63) is 48.8 Å². The number of aryl methyl sites for hydroxylation is 1. The van der Waals surface area contributed by atoms with E-state index in [1.807, 2.05) is 6.92 Å². The van der Waals surface area contributed by atoms with E-state index in [1.165, 1.54) is 4.68 Å². The fraction of sp³-hybridized carbons (Fsp3) is 0.357. The van der Waals surface area contributed by atoms with Gasteiger partial charge in [0.05, 0.1) is 10.0 Å². The maximum Gasteiger partial charge on any atom is 0.274 e. The lowest BCUT2D eigenvalue weighted by molar-refractivity contribution is 0.642. The molecule has 0 aliphatic carbocycles. The van der Waals surface area contributed by atoms with E-state index in [9.17, 15) is 4.79 Å². The van der Waals surface area contributed by atoms with Gasteiger partial charge in [-0.3, -0.25) is 9.89 Å². The first-order valence-corrected chi connectivity index (χ1v) is 7.40. The predicted octanol–water partition coefficient (Wildman–Crippen LogP) is 4.63. The van der Waals surface area contributed by atoms with Crippen LogP contribution in [-0.4, -0.2) is 9.78 Å². The van der Waals surface area contributed by atoms with Crippen molar-refractivity contribution in [2.75, 3.05) is 0 Å². The number of halogens is 3. The molecule has 2 aromatic rings. The van der Waals surface area contributed by atoms with Crippen LogP contribution >= 0.6 is 34.8 Å². The van der Waals surface area contributed by atoms with Crippen LogP contribution in [0, 0.1) is 12.8 Å². The van der Waals surface area contributed by atoms with Crippen molar-refractivity contribution in [1.82, 2.24) is 9.78 Å². The van der Waals surface area contributed by atoms with Gasteiger partial charge in [0, 0.05) is 16.3 Å². The van der Waals surface area contributed by atoms with Gasteiger partial charge in [0.1, 0.15) is 5.69 Å². The molecule has 0 aliphatic rings. The third-order valence-corrected chi connectivity index (χ3v) is 3.81. The van der Waals surface area contributed by atoms with E-state index in [0.717, 1.165) is 11.3 Å². The van der Waals surface area contributed by atoms with Gasteiger partial charge in [0.2, 0.25) is 0 Å². The molecule has 0 unspecified atom stereocenters. The van der Waals surface area contributed by atoms with Crippen molar-refractivity contribution < 1.29 is 0 Å². The summed E-state index contributed by atoms with van der Waals surface area (Å²) < 4.78 is 1.38. The van der Waals surface area contributed by atoms with E-state index >= 15 is 0 Å². The third kappa shape index (κ3) is 2.90. The zero-order chi connectivity index (χ0) is 15.0. The van der Waals surface area contributed by atoms with Crippen LogP contribution in [0.4, 0.5) is 0 Å². The van der Waals surface area contributed by atoms with Crippen LogP contribution in [0.1, 0.15) is 25.1 Å². The Hall–Kier alpha value is -0.900. The summed E-state index contributed by atoms with van der Waals surface area (Å²) in [7, 11) is 0. The molecule has 3 nitrogen and oxygen atoms in total. The monoisotopic (exact) mass is 332 g/mol. The standard InChI is InChI=1S/C14H15Cl3N2O/c1-7(2)4-10-8(3)18-19(14(10)20)13-11(16)5-9(15)6-12(13)17/h5-7,18H,4H2,1-3H3. The number of nitrogens with one attached hydrogen (secondary N) is 1. The lowest BCUT2D eigenvalue weighted by Gasteiger charge is -2.07. The summed E-state index contributed by atoms with van der Waals surface area (Å²) in [5, 5.41) is 4.13. The molecule has 6 heteroatoms. The summed E-state index contributed by atoms with van der Waals surface area (Å²) in [6.07, 6.45) is 0.705. The van der Waals surface area contributed by atoms with Crippen LogP contribution in [0.5, 0.6) is 0 Å². The van der Waals surface area contributed by atoms with Gasteiger partial charge in [-0.05, 0) is 31.4 Å². The molecule has 20 heavy (non-hydrogen) atoms. The van der Waals surface area contributed by atoms with E-state index in [2.05, 4.69) is 18.9 Å². The fourth-order valence-electron chi connectivity index (χ4n) is 2.14. The zero-order valence-corrected chi connectivity index (χ0v) is 13.7.